The maximum Gasteiger partial charge on any atom is 0.272 e. The predicted octanol–water partition coefficient (Wildman–Crippen LogP) is 1.48. The molecule has 0 saturated heterocycles. The lowest BCUT2D eigenvalue weighted by atomic mass is 10.1. The molecule has 2 N–H and O–H groups in total. The first kappa shape index (κ1) is 15.1. The van der Waals surface area contributed by atoms with E-state index in [-0.39, 0.29) is 11.5 Å². The monoisotopic (exact) mass is 313 g/mol. The molecular formula is C16H19N5O2. The van der Waals surface area contributed by atoms with Crippen molar-refractivity contribution in [1.29, 1.82) is 0 Å². The van der Waals surface area contributed by atoms with Crippen molar-refractivity contribution in [2.75, 3.05) is 5.32 Å². The van der Waals surface area contributed by atoms with Crippen molar-refractivity contribution < 1.29 is 4.79 Å². The Kier molecular flexibility index (Phi) is 3.77. The third-order valence-corrected chi connectivity index (χ3v) is 4.11. The Morgan fingerprint density at radius 3 is 2.83 bits per heavy atom. The van der Waals surface area contributed by atoms with Crippen LogP contribution in [0.15, 0.2) is 29.2 Å². The van der Waals surface area contributed by atoms with Gasteiger partial charge in [-0.2, -0.15) is 5.10 Å². The van der Waals surface area contributed by atoms with Crippen LogP contribution in [0.5, 0.6) is 0 Å². The summed E-state index contributed by atoms with van der Waals surface area (Å²) in [6, 6.07) is 5.30. The van der Waals surface area contributed by atoms with E-state index in [0.717, 1.165) is 16.8 Å². The molecule has 0 bridgehead atoms. The summed E-state index contributed by atoms with van der Waals surface area (Å²) in [5.74, 6) is -0.0834. The van der Waals surface area contributed by atoms with E-state index in [9.17, 15) is 9.59 Å². The van der Waals surface area contributed by atoms with Crippen LogP contribution in [0.2, 0.25) is 0 Å². The van der Waals surface area contributed by atoms with E-state index in [4.69, 9.17) is 0 Å². The Balaban J connectivity index is 1.69. The van der Waals surface area contributed by atoms with Gasteiger partial charge in [-0.15, -0.1) is 0 Å². The quantitative estimate of drug-likeness (QED) is 0.765. The number of amides is 1. The van der Waals surface area contributed by atoms with Crippen LogP contribution in [0.3, 0.4) is 0 Å². The van der Waals surface area contributed by atoms with Crippen LogP contribution in [-0.2, 0) is 25.3 Å². The summed E-state index contributed by atoms with van der Waals surface area (Å²) >= 11 is 0. The van der Waals surface area contributed by atoms with Crippen molar-refractivity contribution >= 4 is 22.5 Å². The molecule has 0 radical (unpaired) electrons. The van der Waals surface area contributed by atoms with Crippen molar-refractivity contribution in [3.63, 3.8) is 0 Å². The van der Waals surface area contributed by atoms with Gasteiger partial charge >= 0.3 is 0 Å². The third-order valence-electron chi connectivity index (χ3n) is 4.11. The zero-order chi connectivity index (χ0) is 16.6. The van der Waals surface area contributed by atoms with E-state index in [1.165, 1.54) is 0 Å². The number of fused-ring (bicyclic) bond motifs is 1. The number of nitrogens with one attached hydrogen (secondary N) is 2. The number of rotatable bonds is 4. The first-order chi connectivity index (χ1) is 11.0. The molecule has 0 saturated carbocycles. The minimum atomic E-state index is -0.162. The van der Waals surface area contributed by atoms with Gasteiger partial charge in [-0.25, -0.2) is 0 Å². The highest BCUT2D eigenvalue weighted by Gasteiger charge is 2.09. The third kappa shape index (κ3) is 2.90. The lowest BCUT2D eigenvalue weighted by Gasteiger charge is -2.05. The molecule has 3 rings (SSSR count). The van der Waals surface area contributed by atoms with Gasteiger partial charge in [0.2, 0.25) is 5.91 Å². The van der Waals surface area contributed by atoms with Crippen molar-refractivity contribution in [2.45, 2.75) is 19.8 Å². The van der Waals surface area contributed by atoms with Gasteiger partial charge in [-0.05, 0) is 37.1 Å². The number of aryl methyl sites for hydroxylation is 3. The van der Waals surface area contributed by atoms with E-state index in [1.807, 2.05) is 20.0 Å². The molecule has 0 spiro atoms. The number of hydrogen-bond acceptors (Lipinski definition) is 3. The summed E-state index contributed by atoms with van der Waals surface area (Å²) < 4.78 is 3.46. The molecule has 2 heterocycles. The standard InChI is InChI=1S/C16H19N5O2/c1-10-11(9-17-20(10)2)4-7-15(22)18-12-5-6-14-13(8-12)16(23)19-21(14)3/h5-6,8-9H,4,7H2,1-3H3,(H,18,22)(H,19,23). The molecule has 0 aliphatic carbocycles. The lowest BCUT2D eigenvalue weighted by molar-refractivity contribution is -0.116. The zero-order valence-electron chi connectivity index (χ0n) is 13.4. The largest absolute Gasteiger partial charge is 0.326 e. The molecule has 23 heavy (non-hydrogen) atoms. The first-order valence-corrected chi connectivity index (χ1v) is 7.42. The molecule has 120 valence electrons. The summed E-state index contributed by atoms with van der Waals surface area (Å²) in [5.41, 5.74) is 3.40. The van der Waals surface area contributed by atoms with Crippen molar-refractivity contribution in [3.05, 3.63) is 46.0 Å². The van der Waals surface area contributed by atoms with Gasteiger partial charge in [0.05, 0.1) is 17.1 Å². The molecule has 3 aromatic rings. The Hall–Kier alpha value is -2.83. The van der Waals surface area contributed by atoms with Crippen LogP contribution in [0.1, 0.15) is 17.7 Å². The minimum Gasteiger partial charge on any atom is -0.326 e. The Bertz CT molecular complexity index is 932. The number of aromatic amines is 1. The van der Waals surface area contributed by atoms with Gasteiger partial charge in [0, 0.05) is 31.9 Å². The predicted molar refractivity (Wildman–Crippen MR) is 88.4 cm³/mol. The van der Waals surface area contributed by atoms with Gasteiger partial charge in [-0.3, -0.25) is 24.1 Å². The maximum absolute atomic E-state index is 12.1. The molecule has 1 amide bonds. The zero-order valence-corrected chi connectivity index (χ0v) is 13.4. The number of benzene rings is 1. The van der Waals surface area contributed by atoms with Crippen LogP contribution >= 0.6 is 0 Å². The fourth-order valence-corrected chi connectivity index (χ4v) is 2.62. The number of anilines is 1. The molecular weight excluding hydrogens is 294 g/mol. The van der Waals surface area contributed by atoms with Crippen LogP contribution in [0.25, 0.3) is 10.9 Å². The average Bonchev–Trinajstić information content (AvgIpc) is 2.98. The highest BCUT2D eigenvalue weighted by molar-refractivity contribution is 5.93. The van der Waals surface area contributed by atoms with Crippen LogP contribution < -0.4 is 10.9 Å². The number of aromatic nitrogens is 4. The molecule has 7 heteroatoms. The summed E-state index contributed by atoms with van der Waals surface area (Å²) in [7, 11) is 3.66. The van der Waals surface area contributed by atoms with Gasteiger partial charge in [0.1, 0.15) is 0 Å². The highest BCUT2D eigenvalue weighted by Crippen LogP contribution is 2.16. The molecule has 0 unspecified atom stereocenters. The molecule has 0 fully saturated rings. The fraction of sp³-hybridized carbons (Fsp3) is 0.312. The number of carbonyl (C=O) groups is 1. The van der Waals surface area contributed by atoms with Crippen molar-refractivity contribution in [3.8, 4) is 0 Å². The highest BCUT2D eigenvalue weighted by atomic mass is 16.1. The van der Waals surface area contributed by atoms with Crippen molar-refractivity contribution in [1.82, 2.24) is 19.6 Å². The lowest BCUT2D eigenvalue weighted by Crippen LogP contribution is -2.12. The van der Waals surface area contributed by atoms with Gasteiger partial charge < -0.3 is 5.32 Å². The van der Waals surface area contributed by atoms with E-state index < -0.39 is 0 Å². The van der Waals surface area contributed by atoms with E-state index in [1.54, 1.807) is 34.7 Å². The van der Waals surface area contributed by atoms with E-state index >= 15 is 0 Å². The summed E-state index contributed by atoms with van der Waals surface area (Å²) in [4.78, 5) is 23.9. The van der Waals surface area contributed by atoms with Crippen LogP contribution in [0, 0.1) is 6.92 Å². The van der Waals surface area contributed by atoms with Crippen molar-refractivity contribution in [2.24, 2.45) is 14.1 Å². The topological polar surface area (TPSA) is 84.7 Å². The van der Waals surface area contributed by atoms with Gasteiger partial charge in [0.25, 0.3) is 5.56 Å². The second kappa shape index (κ2) is 5.75. The molecule has 1 aromatic carbocycles. The molecule has 7 nitrogen and oxygen atoms in total. The van der Waals surface area contributed by atoms with Gasteiger partial charge in [-0.1, -0.05) is 0 Å². The second-order valence-electron chi connectivity index (χ2n) is 5.66. The van der Waals surface area contributed by atoms with Gasteiger partial charge in [0.15, 0.2) is 0 Å². The maximum atomic E-state index is 12.1. The average molecular weight is 313 g/mol. The fourth-order valence-electron chi connectivity index (χ4n) is 2.62. The number of carbonyl (C=O) groups excluding carboxylic acids is 1. The molecule has 0 aliphatic heterocycles. The van der Waals surface area contributed by atoms with E-state index in [2.05, 4.69) is 15.5 Å². The number of H-pyrrole nitrogens is 1. The number of hydrogen-bond donors (Lipinski definition) is 2. The van der Waals surface area contributed by atoms with Crippen LogP contribution in [-0.4, -0.2) is 25.5 Å². The minimum absolute atomic E-state index is 0.0834. The Morgan fingerprint density at radius 1 is 1.35 bits per heavy atom. The Labute approximate surface area is 132 Å². The molecule has 2 aromatic heterocycles. The summed E-state index contributed by atoms with van der Waals surface area (Å²) in [5, 5.41) is 10.3. The SMILES string of the molecule is Cc1c(CCC(=O)Nc2ccc3c(c2)c(=O)[nH]n3C)cnn1C. The molecule has 0 aliphatic rings. The van der Waals surface area contributed by atoms with E-state index in [0.29, 0.717) is 23.9 Å². The number of nitrogens with zero attached hydrogens (tertiary/aromatic N) is 3. The summed E-state index contributed by atoms with van der Waals surface area (Å²) in [6.07, 6.45) is 2.80. The van der Waals surface area contributed by atoms with Crippen LogP contribution in [0.4, 0.5) is 5.69 Å². The normalized spacial score (nSPS) is 11.1. The summed E-state index contributed by atoms with van der Waals surface area (Å²) in [6.45, 7) is 1.98. The first-order valence-electron chi connectivity index (χ1n) is 7.42. The smallest absolute Gasteiger partial charge is 0.272 e. The Morgan fingerprint density at radius 2 is 2.13 bits per heavy atom. The molecule has 0 atom stereocenters. The second-order valence-corrected chi connectivity index (χ2v) is 5.66.